The van der Waals surface area contributed by atoms with Crippen molar-refractivity contribution >= 4 is 28.7 Å². The van der Waals surface area contributed by atoms with Gasteiger partial charge in [-0.25, -0.2) is 10.1 Å². The second-order valence-corrected chi connectivity index (χ2v) is 4.85. The van der Waals surface area contributed by atoms with Gasteiger partial charge >= 0.3 is 0 Å². The highest BCUT2D eigenvalue weighted by atomic mass is 32.1. The summed E-state index contributed by atoms with van der Waals surface area (Å²) in [5.41, 5.74) is 0.919. The maximum atomic E-state index is 5.31. The van der Waals surface area contributed by atoms with Crippen LogP contribution in [0.5, 0.6) is 0 Å². The van der Waals surface area contributed by atoms with E-state index >= 15 is 0 Å². The first kappa shape index (κ1) is 12.3. The molecule has 0 amide bonds. The third-order valence-electron chi connectivity index (χ3n) is 2.45. The molecule has 7 heteroatoms. The van der Waals surface area contributed by atoms with Crippen LogP contribution in [0.25, 0.3) is 10.8 Å². The Labute approximate surface area is 108 Å². The van der Waals surface area contributed by atoms with Crippen LogP contribution in [-0.4, -0.2) is 28.3 Å². The van der Waals surface area contributed by atoms with Crippen molar-refractivity contribution in [3.63, 3.8) is 0 Å². The molecule has 0 aromatic carbocycles. The number of rotatable bonds is 4. The van der Waals surface area contributed by atoms with E-state index in [1.165, 1.54) is 0 Å². The molecule has 92 valence electrons. The third-order valence-corrected chi connectivity index (χ3v) is 3.83. The molecule has 2 heterocycles. The van der Waals surface area contributed by atoms with Crippen LogP contribution in [0.3, 0.4) is 0 Å². The Hall–Kier alpha value is -1.21. The molecule has 0 saturated heterocycles. The zero-order valence-electron chi connectivity index (χ0n) is 9.98. The van der Waals surface area contributed by atoms with Gasteiger partial charge in [0.1, 0.15) is 4.88 Å². The lowest BCUT2D eigenvalue weighted by atomic mass is 10.4. The van der Waals surface area contributed by atoms with Crippen LogP contribution in [0.2, 0.25) is 0 Å². The Morgan fingerprint density at radius 3 is 2.65 bits per heavy atom. The number of thiazole rings is 1. The Balaban J connectivity index is 2.40. The molecule has 5 nitrogen and oxygen atoms in total. The van der Waals surface area contributed by atoms with Gasteiger partial charge in [-0.1, -0.05) is 11.3 Å². The van der Waals surface area contributed by atoms with E-state index in [-0.39, 0.29) is 4.84 Å². The van der Waals surface area contributed by atoms with E-state index < -0.39 is 0 Å². The van der Waals surface area contributed by atoms with Crippen molar-refractivity contribution < 1.29 is 4.42 Å². The maximum Gasteiger partial charge on any atom is 0.284 e. The number of anilines is 1. The van der Waals surface area contributed by atoms with E-state index in [2.05, 4.69) is 33.9 Å². The van der Waals surface area contributed by atoms with Crippen molar-refractivity contribution in [3.05, 3.63) is 10.5 Å². The van der Waals surface area contributed by atoms with Crippen molar-refractivity contribution in [2.45, 2.75) is 20.8 Å². The number of nitrogens with one attached hydrogen (secondary N) is 1. The van der Waals surface area contributed by atoms with Gasteiger partial charge in [0, 0.05) is 13.1 Å². The quantitative estimate of drug-likeness (QED) is 0.865. The first-order chi connectivity index (χ1) is 8.15. The number of aryl methyl sites for hydroxylation is 1. The molecule has 0 bridgehead atoms. The summed E-state index contributed by atoms with van der Waals surface area (Å²) in [6, 6.07) is 0. The maximum absolute atomic E-state index is 5.31. The molecule has 0 radical (unpaired) electrons. The number of hydrogen-bond acceptors (Lipinski definition) is 6. The molecule has 0 saturated carbocycles. The van der Waals surface area contributed by atoms with Crippen LogP contribution in [0.1, 0.15) is 19.5 Å². The number of nitrogens with zero attached hydrogens (tertiary/aromatic N) is 3. The van der Waals surface area contributed by atoms with Crippen molar-refractivity contribution in [2.75, 3.05) is 18.0 Å². The highest BCUT2D eigenvalue weighted by Gasteiger charge is 2.16. The Kier molecular flexibility index (Phi) is 3.58. The Morgan fingerprint density at radius 2 is 2.12 bits per heavy atom. The van der Waals surface area contributed by atoms with E-state index in [9.17, 15) is 0 Å². The second-order valence-electron chi connectivity index (χ2n) is 3.50. The lowest BCUT2D eigenvalue weighted by Gasteiger charge is -2.16. The molecule has 0 aliphatic rings. The van der Waals surface area contributed by atoms with Crippen molar-refractivity contribution in [2.24, 2.45) is 0 Å². The molecular weight excluding hydrogens is 256 g/mol. The molecule has 0 aliphatic heterocycles. The standard InChI is InChI=1S/C10H14N4OS2/c1-4-14(5-2)9-11-6(3)7(17-9)8-12-13-10(16)15-8/h4-5H2,1-3H3,(H,13,16). The summed E-state index contributed by atoms with van der Waals surface area (Å²) >= 11 is 6.44. The fraction of sp³-hybridized carbons (Fsp3) is 0.500. The summed E-state index contributed by atoms with van der Waals surface area (Å²) in [4.78, 5) is 7.95. The molecule has 0 aliphatic carbocycles. The van der Waals surface area contributed by atoms with E-state index in [0.717, 1.165) is 28.8 Å². The summed E-state index contributed by atoms with van der Waals surface area (Å²) in [6.07, 6.45) is 0. The molecule has 0 atom stereocenters. The van der Waals surface area contributed by atoms with E-state index in [1.807, 2.05) is 6.92 Å². The minimum atomic E-state index is 0.289. The van der Waals surface area contributed by atoms with Gasteiger partial charge in [0.2, 0.25) is 0 Å². The van der Waals surface area contributed by atoms with E-state index in [0.29, 0.717) is 5.89 Å². The van der Waals surface area contributed by atoms with Gasteiger partial charge in [0.15, 0.2) is 5.13 Å². The van der Waals surface area contributed by atoms with Gasteiger partial charge in [-0.15, -0.1) is 5.10 Å². The van der Waals surface area contributed by atoms with Crippen molar-refractivity contribution in [1.29, 1.82) is 0 Å². The number of hydrogen-bond donors (Lipinski definition) is 1. The molecule has 2 aromatic heterocycles. The van der Waals surface area contributed by atoms with Crippen molar-refractivity contribution in [3.8, 4) is 10.8 Å². The van der Waals surface area contributed by atoms with Gasteiger partial charge in [0.05, 0.1) is 5.69 Å². The van der Waals surface area contributed by atoms with Gasteiger partial charge in [0.25, 0.3) is 10.7 Å². The molecule has 17 heavy (non-hydrogen) atoms. The van der Waals surface area contributed by atoms with Gasteiger partial charge < -0.3 is 9.32 Å². The van der Waals surface area contributed by atoms with Crippen LogP contribution in [-0.2, 0) is 0 Å². The predicted molar refractivity (Wildman–Crippen MR) is 71.1 cm³/mol. The number of aromatic nitrogens is 3. The SMILES string of the molecule is CCN(CC)c1nc(C)c(-c2n[nH]c(=S)o2)s1. The van der Waals surface area contributed by atoms with Crippen LogP contribution < -0.4 is 4.90 Å². The summed E-state index contributed by atoms with van der Waals surface area (Å²) in [6.45, 7) is 8.05. The minimum Gasteiger partial charge on any atom is -0.408 e. The number of H-pyrrole nitrogens is 1. The molecule has 2 aromatic rings. The highest BCUT2D eigenvalue weighted by Crippen LogP contribution is 2.33. The lowest BCUT2D eigenvalue weighted by Crippen LogP contribution is -2.21. The molecule has 0 unspecified atom stereocenters. The smallest absolute Gasteiger partial charge is 0.284 e. The fourth-order valence-electron chi connectivity index (χ4n) is 1.54. The molecule has 2 rings (SSSR count). The summed E-state index contributed by atoms with van der Waals surface area (Å²) in [5, 5.41) is 7.64. The Bertz CT molecular complexity index is 553. The molecule has 0 fully saturated rings. The number of aromatic amines is 1. The summed E-state index contributed by atoms with van der Waals surface area (Å²) in [7, 11) is 0. The zero-order chi connectivity index (χ0) is 12.4. The summed E-state index contributed by atoms with van der Waals surface area (Å²) < 4.78 is 5.31. The fourth-order valence-corrected chi connectivity index (χ4v) is 2.78. The zero-order valence-corrected chi connectivity index (χ0v) is 11.6. The van der Waals surface area contributed by atoms with Gasteiger partial charge in [-0.2, -0.15) is 0 Å². The van der Waals surface area contributed by atoms with E-state index in [1.54, 1.807) is 11.3 Å². The van der Waals surface area contributed by atoms with Gasteiger partial charge in [-0.3, -0.25) is 0 Å². The third kappa shape index (κ3) is 2.39. The summed E-state index contributed by atoms with van der Waals surface area (Å²) in [5.74, 6) is 0.517. The highest BCUT2D eigenvalue weighted by molar-refractivity contribution is 7.71. The van der Waals surface area contributed by atoms with Crippen molar-refractivity contribution in [1.82, 2.24) is 15.2 Å². The molecular formula is C10H14N4OS2. The first-order valence-corrected chi connectivity index (χ1v) is 6.66. The molecule has 1 N–H and O–H groups in total. The largest absolute Gasteiger partial charge is 0.408 e. The average molecular weight is 270 g/mol. The first-order valence-electron chi connectivity index (χ1n) is 5.44. The van der Waals surface area contributed by atoms with Crippen LogP contribution in [0, 0.1) is 11.8 Å². The topological polar surface area (TPSA) is 58.0 Å². The average Bonchev–Trinajstić information content (AvgIpc) is 2.87. The van der Waals surface area contributed by atoms with Crippen LogP contribution in [0.4, 0.5) is 5.13 Å². The lowest BCUT2D eigenvalue weighted by molar-refractivity contribution is 0.553. The second kappa shape index (κ2) is 4.97. The van der Waals surface area contributed by atoms with Crippen LogP contribution >= 0.6 is 23.6 Å². The minimum absolute atomic E-state index is 0.289. The predicted octanol–water partition coefficient (Wildman–Crippen LogP) is 3.01. The monoisotopic (exact) mass is 270 g/mol. The van der Waals surface area contributed by atoms with Gasteiger partial charge in [-0.05, 0) is 33.0 Å². The normalized spacial score (nSPS) is 10.8. The Morgan fingerprint density at radius 1 is 1.41 bits per heavy atom. The van der Waals surface area contributed by atoms with Crippen LogP contribution in [0.15, 0.2) is 4.42 Å². The molecule has 0 spiro atoms. The van der Waals surface area contributed by atoms with E-state index in [4.69, 9.17) is 16.6 Å².